The molecule has 1 amide bonds. The van der Waals surface area contributed by atoms with Crippen LogP contribution in [0, 0.1) is 5.92 Å². The van der Waals surface area contributed by atoms with E-state index in [0.717, 1.165) is 25.7 Å². The lowest BCUT2D eigenvalue weighted by atomic mass is 9.79. The van der Waals surface area contributed by atoms with Gasteiger partial charge in [0.2, 0.25) is 5.91 Å². The van der Waals surface area contributed by atoms with E-state index >= 15 is 0 Å². The van der Waals surface area contributed by atoms with Gasteiger partial charge < -0.3 is 16.2 Å². The molecule has 0 spiro atoms. The first-order valence-corrected chi connectivity index (χ1v) is 7.09. The summed E-state index contributed by atoms with van der Waals surface area (Å²) in [5, 5.41) is 13.3. The quantitative estimate of drug-likeness (QED) is 0.699. The van der Waals surface area contributed by atoms with Gasteiger partial charge in [-0.25, -0.2) is 0 Å². The lowest BCUT2D eigenvalue weighted by Crippen LogP contribution is -2.55. The van der Waals surface area contributed by atoms with Gasteiger partial charge in [-0.2, -0.15) is 0 Å². The summed E-state index contributed by atoms with van der Waals surface area (Å²) in [6, 6.07) is 0. The third kappa shape index (κ3) is 4.25. The molecule has 18 heavy (non-hydrogen) atoms. The van der Waals surface area contributed by atoms with E-state index in [2.05, 4.69) is 12.2 Å². The fourth-order valence-electron chi connectivity index (χ4n) is 2.87. The molecule has 4 N–H and O–H groups in total. The summed E-state index contributed by atoms with van der Waals surface area (Å²) in [6.45, 7) is 6.23. The van der Waals surface area contributed by atoms with Crippen molar-refractivity contribution >= 4 is 5.91 Å². The van der Waals surface area contributed by atoms with Crippen molar-refractivity contribution in [2.75, 3.05) is 6.54 Å². The fraction of sp³-hybridized carbons (Fsp3) is 0.929. The zero-order chi connectivity index (χ0) is 13.8. The molecule has 0 aromatic rings. The van der Waals surface area contributed by atoms with Gasteiger partial charge in [-0.1, -0.05) is 33.1 Å². The maximum Gasteiger partial charge on any atom is 0.239 e. The lowest BCUT2D eigenvalue weighted by molar-refractivity contribution is -0.127. The van der Waals surface area contributed by atoms with Gasteiger partial charge in [0.25, 0.3) is 0 Å². The molecule has 0 aliphatic heterocycles. The number of hydrogen-bond acceptors (Lipinski definition) is 3. The maximum absolute atomic E-state index is 12.0. The second-order valence-corrected chi connectivity index (χ2v) is 6.28. The van der Waals surface area contributed by atoms with Crippen molar-refractivity contribution in [3.05, 3.63) is 0 Å². The molecular weight excluding hydrogens is 228 g/mol. The van der Waals surface area contributed by atoms with Crippen LogP contribution in [-0.2, 0) is 4.79 Å². The molecule has 1 rings (SSSR count). The van der Waals surface area contributed by atoms with Crippen molar-refractivity contribution < 1.29 is 9.90 Å². The highest BCUT2D eigenvalue weighted by atomic mass is 16.3. The smallest absolute Gasteiger partial charge is 0.239 e. The first-order chi connectivity index (χ1) is 8.29. The molecular formula is C14H28N2O2. The monoisotopic (exact) mass is 256 g/mol. The SMILES string of the molecule is CCCC(C)(N)C(=O)NCC1(O)CCCC(C)C1. The number of rotatable bonds is 5. The van der Waals surface area contributed by atoms with Gasteiger partial charge in [-0.05, 0) is 32.1 Å². The van der Waals surface area contributed by atoms with Crippen molar-refractivity contribution in [3.63, 3.8) is 0 Å². The van der Waals surface area contributed by atoms with Gasteiger partial charge in [0.1, 0.15) is 0 Å². The van der Waals surface area contributed by atoms with Crippen molar-refractivity contribution in [1.82, 2.24) is 5.32 Å². The van der Waals surface area contributed by atoms with Crippen molar-refractivity contribution in [3.8, 4) is 0 Å². The molecule has 1 aliphatic rings. The number of carbonyl (C=O) groups excluding carboxylic acids is 1. The Balaban J connectivity index is 2.46. The van der Waals surface area contributed by atoms with E-state index in [1.807, 2.05) is 6.92 Å². The molecule has 0 saturated heterocycles. The molecule has 106 valence electrons. The molecule has 3 atom stereocenters. The van der Waals surface area contributed by atoms with Gasteiger partial charge in [-0.3, -0.25) is 4.79 Å². The molecule has 0 bridgehead atoms. The molecule has 0 aromatic carbocycles. The Morgan fingerprint density at radius 2 is 2.28 bits per heavy atom. The van der Waals surface area contributed by atoms with Gasteiger partial charge in [0, 0.05) is 6.54 Å². The Morgan fingerprint density at radius 1 is 1.61 bits per heavy atom. The molecule has 4 heteroatoms. The van der Waals surface area contributed by atoms with E-state index in [1.165, 1.54) is 6.42 Å². The van der Waals surface area contributed by atoms with E-state index in [0.29, 0.717) is 18.9 Å². The van der Waals surface area contributed by atoms with Crippen LogP contribution in [-0.4, -0.2) is 28.7 Å². The van der Waals surface area contributed by atoms with Crippen molar-refractivity contribution in [2.24, 2.45) is 11.7 Å². The summed E-state index contributed by atoms with van der Waals surface area (Å²) in [5.74, 6) is 0.372. The van der Waals surface area contributed by atoms with Gasteiger partial charge in [-0.15, -0.1) is 0 Å². The predicted octanol–water partition coefficient (Wildman–Crippen LogP) is 1.56. The minimum absolute atomic E-state index is 0.156. The number of hydrogen-bond donors (Lipinski definition) is 3. The molecule has 4 nitrogen and oxygen atoms in total. The molecule has 0 radical (unpaired) electrons. The zero-order valence-electron chi connectivity index (χ0n) is 12.0. The van der Waals surface area contributed by atoms with Crippen LogP contribution in [0.25, 0.3) is 0 Å². The summed E-state index contributed by atoms with van der Waals surface area (Å²) < 4.78 is 0. The minimum Gasteiger partial charge on any atom is -0.388 e. The highest BCUT2D eigenvalue weighted by Crippen LogP contribution is 2.31. The summed E-state index contributed by atoms with van der Waals surface area (Å²) in [7, 11) is 0. The Hall–Kier alpha value is -0.610. The minimum atomic E-state index is -0.828. The third-order valence-electron chi connectivity index (χ3n) is 3.93. The third-order valence-corrected chi connectivity index (χ3v) is 3.93. The van der Waals surface area contributed by atoms with Crippen LogP contribution in [0.3, 0.4) is 0 Å². The van der Waals surface area contributed by atoms with E-state index in [4.69, 9.17) is 5.73 Å². The molecule has 1 saturated carbocycles. The molecule has 0 heterocycles. The average molecular weight is 256 g/mol. The molecule has 3 unspecified atom stereocenters. The van der Waals surface area contributed by atoms with Gasteiger partial charge in [0.05, 0.1) is 11.1 Å². The second kappa shape index (κ2) is 6.02. The second-order valence-electron chi connectivity index (χ2n) is 6.28. The highest BCUT2D eigenvalue weighted by molar-refractivity contribution is 5.85. The number of nitrogens with two attached hydrogens (primary N) is 1. The van der Waals surface area contributed by atoms with Crippen molar-refractivity contribution in [1.29, 1.82) is 0 Å². The van der Waals surface area contributed by atoms with Crippen LogP contribution in [0.1, 0.15) is 59.3 Å². The van der Waals surface area contributed by atoms with Crippen LogP contribution in [0.15, 0.2) is 0 Å². The van der Waals surface area contributed by atoms with Crippen LogP contribution >= 0.6 is 0 Å². The highest BCUT2D eigenvalue weighted by Gasteiger charge is 2.35. The first kappa shape index (κ1) is 15.4. The Morgan fingerprint density at radius 3 is 2.83 bits per heavy atom. The van der Waals surface area contributed by atoms with E-state index in [1.54, 1.807) is 6.92 Å². The number of carbonyl (C=O) groups is 1. The molecule has 1 fully saturated rings. The average Bonchev–Trinajstić information content (AvgIpc) is 2.25. The van der Waals surface area contributed by atoms with E-state index < -0.39 is 11.1 Å². The van der Waals surface area contributed by atoms with Gasteiger partial charge >= 0.3 is 0 Å². The fourth-order valence-corrected chi connectivity index (χ4v) is 2.87. The number of aliphatic hydroxyl groups is 1. The number of nitrogens with one attached hydrogen (secondary N) is 1. The number of amides is 1. The summed E-state index contributed by atoms with van der Waals surface area (Å²) in [6.07, 6.45) is 5.27. The Kier molecular flexibility index (Phi) is 5.17. The van der Waals surface area contributed by atoms with Crippen LogP contribution < -0.4 is 11.1 Å². The topological polar surface area (TPSA) is 75.4 Å². The van der Waals surface area contributed by atoms with Crippen LogP contribution in [0.4, 0.5) is 0 Å². The largest absolute Gasteiger partial charge is 0.388 e. The lowest BCUT2D eigenvalue weighted by Gasteiger charge is -2.36. The van der Waals surface area contributed by atoms with Gasteiger partial charge in [0.15, 0.2) is 0 Å². The molecule has 1 aliphatic carbocycles. The summed E-state index contributed by atoms with van der Waals surface area (Å²) >= 11 is 0. The Bertz CT molecular complexity index is 292. The normalized spacial score (nSPS) is 31.7. The predicted molar refractivity (Wildman–Crippen MR) is 73.1 cm³/mol. The van der Waals surface area contributed by atoms with E-state index in [9.17, 15) is 9.90 Å². The summed E-state index contributed by atoms with van der Waals surface area (Å²) in [4.78, 5) is 12.0. The Labute approximate surface area is 110 Å². The zero-order valence-corrected chi connectivity index (χ0v) is 12.0. The molecule has 0 aromatic heterocycles. The van der Waals surface area contributed by atoms with Crippen LogP contribution in [0.2, 0.25) is 0 Å². The van der Waals surface area contributed by atoms with E-state index in [-0.39, 0.29) is 5.91 Å². The standard InChI is InChI=1S/C14H28N2O2/c1-4-7-13(3,15)12(17)16-10-14(18)8-5-6-11(2)9-14/h11,18H,4-10,15H2,1-3H3,(H,16,17). The maximum atomic E-state index is 12.0. The summed E-state index contributed by atoms with van der Waals surface area (Å²) in [5.41, 5.74) is 4.39. The van der Waals surface area contributed by atoms with Crippen LogP contribution in [0.5, 0.6) is 0 Å². The first-order valence-electron chi connectivity index (χ1n) is 7.09. The van der Waals surface area contributed by atoms with Crippen molar-refractivity contribution in [2.45, 2.75) is 70.4 Å².